The van der Waals surface area contributed by atoms with E-state index in [1.54, 1.807) is 26.0 Å². The number of aromatic nitrogens is 3. The molecule has 3 rings (SSSR count). The van der Waals surface area contributed by atoms with E-state index < -0.39 is 62.2 Å². The third-order valence-corrected chi connectivity index (χ3v) is 11.0. The Balaban J connectivity index is 1.90. The number of nitrogens with two attached hydrogens (primary N) is 1. The fourth-order valence-electron chi connectivity index (χ4n) is 5.46. The number of nitriles is 1. The lowest BCUT2D eigenvalue weighted by atomic mass is 9.96. The summed E-state index contributed by atoms with van der Waals surface area (Å²) in [6, 6.07) is 2.76. The molecule has 1 aliphatic rings. The fourth-order valence-corrected chi connectivity index (χ4v) is 7.45. The second-order valence-corrected chi connectivity index (χ2v) is 14.2. The van der Waals surface area contributed by atoms with E-state index in [0.29, 0.717) is 5.52 Å². The third kappa shape index (κ3) is 9.55. The van der Waals surface area contributed by atoms with E-state index in [1.165, 1.54) is 10.8 Å². The molecule has 3 heterocycles. The number of hydrogen-bond acceptors (Lipinski definition) is 13. The minimum atomic E-state index is -4.44. The van der Waals surface area contributed by atoms with Gasteiger partial charge in [0.05, 0.1) is 18.9 Å². The number of aliphatic hydroxyl groups excluding tert-OH is 2. The monoisotopic (exact) mass is 709 g/mol. The molecule has 0 saturated carbocycles. The maximum Gasteiger partial charge on any atom is 0.342 e. The number of nitrogens with zero attached hydrogens (tertiary/aromatic N) is 4. The first-order valence-electron chi connectivity index (χ1n) is 17.0. The van der Waals surface area contributed by atoms with E-state index in [1.807, 2.05) is 33.8 Å². The van der Waals surface area contributed by atoms with Gasteiger partial charge in [-0.15, -0.1) is 0 Å². The molecule has 1 fully saturated rings. The highest BCUT2D eigenvalue weighted by Crippen LogP contribution is 2.46. The van der Waals surface area contributed by atoms with Crippen LogP contribution in [-0.4, -0.2) is 86.5 Å². The number of anilines is 1. The van der Waals surface area contributed by atoms with E-state index in [2.05, 4.69) is 20.3 Å². The van der Waals surface area contributed by atoms with Gasteiger partial charge in [0.15, 0.2) is 5.82 Å². The smallest absolute Gasteiger partial charge is 0.342 e. The van der Waals surface area contributed by atoms with Crippen LogP contribution in [0.5, 0.6) is 0 Å². The average Bonchev–Trinajstić information content (AvgIpc) is 3.65. The van der Waals surface area contributed by atoms with Gasteiger partial charge in [-0.1, -0.05) is 67.2 Å². The number of nitrogens with one attached hydrogen (secondary N) is 2. The molecule has 0 aromatic carbocycles. The molecule has 0 radical (unpaired) electrons. The van der Waals surface area contributed by atoms with E-state index in [-0.39, 0.29) is 49.4 Å². The fraction of sp³-hybridized carbons (Fsp3) is 0.719. The maximum atomic E-state index is 14.6. The summed E-state index contributed by atoms with van der Waals surface area (Å²) in [4.78, 5) is 30.2. The van der Waals surface area contributed by atoms with Crippen LogP contribution in [0.25, 0.3) is 5.52 Å². The molecular weight excluding hydrogens is 657 g/mol. The van der Waals surface area contributed by atoms with Crippen molar-refractivity contribution in [1.29, 1.82) is 5.26 Å². The Bertz CT molecular complexity index is 1440. The van der Waals surface area contributed by atoms with E-state index in [0.717, 1.165) is 25.7 Å². The zero-order chi connectivity index (χ0) is 36.4. The standard InChI is InChI=1S/C32H52N7O9P/c1-7-20(8-2)15-45-30(42)22(11-5)37-49(44,38-23(12-6)31(43)46-16-21(9-3)10-4)47-18-32(17-33)28(41)26(40)27(48-32)24-13-14-25-29(34)35-19-36-39(24)25/h13-14,19-23,26-28,40-41H,7-12,15-16,18H2,1-6H3,(H2,34,35,36)(H2,37,38,44)/t22-,23-,26-,27-,28-,32+/m0/s1. The molecule has 16 nitrogen and oxygen atoms in total. The summed E-state index contributed by atoms with van der Waals surface area (Å²) in [6.07, 6.45) is -0.0369. The van der Waals surface area contributed by atoms with Crippen LogP contribution in [0.1, 0.15) is 91.9 Å². The van der Waals surface area contributed by atoms with Crippen molar-refractivity contribution in [3.63, 3.8) is 0 Å². The predicted molar refractivity (Wildman–Crippen MR) is 180 cm³/mol. The number of hydrogen-bond donors (Lipinski definition) is 5. The zero-order valence-corrected chi connectivity index (χ0v) is 30.1. The van der Waals surface area contributed by atoms with Crippen molar-refractivity contribution >= 4 is 30.9 Å². The highest BCUT2D eigenvalue weighted by molar-refractivity contribution is 7.54. The van der Waals surface area contributed by atoms with Gasteiger partial charge in [-0.25, -0.2) is 19.7 Å². The Kier molecular flexibility index (Phi) is 14.9. The van der Waals surface area contributed by atoms with Crippen molar-refractivity contribution in [3.8, 4) is 6.07 Å². The van der Waals surface area contributed by atoms with Crippen LogP contribution in [-0.2, 0) is 32.9 Å². The number of carbonyl (C=O) groups is 2. The molecule has 6 N–H and O–H groups in total. The number of esters is 2. The highest BCUT2D eigenvalue weighted by Gasteiger charge is 2.57. The first-order chi connectivity index (χ1) is 23.4. The number of fused-ring (bicyclic) bond motifs is 1. The van der Waals surface area contributed by atoms with Gasteiger partial charge >= 0.3 is 19.6 Å². The summed E-state index contributed by atoms with van der Waals surface area (Å²) < 4.78 is 38.8. The molecular formula is C32H52N7O9P. The second-order valence-electron chi connectivity index (χ2n) is 12.3. The predicted octanol–water partition coefficient (Wildman–Crippen LogP) is 3.19. The summed E-state index contributed by atoms with van der Waals surface area (Å²) in [7, 11) is -4.44. The molecule has 274 valence electrons. The quantitative estimate of drug-likeness (QED) is 0.0981. The molecule has 2 aromatic rings. The number of carbonyl (C=O) groups excluding carboxylic acids is 2. The van der Waals surface area contributed by atoms with Crippen molar-refractivity contribution in [2.24, 2.45) is 11.8 Å². The van der Waals surface area contributed by atoms with E-state index in [4.69, 9.17) is 24.5 Å². The second kappa shape index (κ2) is 18.2. The first kappa shape index (κ1) is 40.3. The molecule has 2 aromatic heterocycles. The Morgan fingerprint density at radius 1 is 1.00 bits per heavy atom. The molecule has 0 amide bonds. The van der Waals surface area contributed by atoms with Crippen LogP contribution >= 0.6 is 7.67 Å². The number of rotatable bonds is 20. The zero-order valence-electron chi connectivity index (χ0n) is 29.2. The summed E-state index contributed by atoms with van der Waals surface area (Å²) in [6.45, 7) is 10.8. The summed E-state index contributed by atoms with van der Waals surface area (Å²) >= 11 is 0. The largest absolute Gasteiger partial charge is 0.464 e. The van der Waals surface area contributed by atoms with Gasteiger partial charge in [0, 0.05) is 0 Å². The summed E-state index contributed by atoms with van der Waals surface area (Å²) in [5, 5.41) is 42.0. The minimum absolute atomic E-state index is 0.141. The molecule has 17 heteroatoms. The van der Waals surface area contributed by atoms with Crippen molar-refractivity contribution < 1.29 is 43.1 Å². The van der Waals surface area contributed by atoms with Crippen LogP contribution in [0.15, 0.2) is 18.5 Å². The first-order valence-corrected chi connectivity index (χ1v) is 18.6. The van der Waals surface area contributed by atoms with Gasteiger partial charge in [-0.2, -0.15) is 10.4 Å². The molecule has 49 heavy (non-hydrogen) atoms. The maximum absolute atomic E-state index is 14.6. The van der Waals surface area contributed by atoms with Gasteiger partial charge in [-0.3, -0.25) is 14.2 Å². The summed E-state index contributed by atoms with van der Waals surface area (Å²) in [5.74, 6) is -0.890. The van der Waals surface area contributed by atoms with E-state index in [9.17, 15) is 29.6 Å². The molecule has 6 atom stereocenters. The Morgan fingerprint density at radius 3 is 2.00 bits per heavy atom. The molecule has 0 aliphatic carbocycles. The number of nitrogen functional groups attached to an aromatic ring is 1. The lowest BCUT2D eigenvalue weighted by Crippen LogP contribution is -2.48. The lowest BCUT2D eigenvalue weighted by Gasteiger charge is -2.31. The molecule has 1 aliphatic heterocycles. The topological polar surface area (TPSA) is 233 Å². The van der Waals surface area contributed by atoms with Crippen molar-refractivity contribution in [1.82, 2.24) is 24.8 Å². The van der Waals surface area contributed by atoms with Crippen LogP contribution in [0, 0.1) is 23.2 Å². The van der Waals surface area contributed by atoms with Gasteiger partial charge in [0.1, 0.15) is 54.9 Å². The Hall–Kier alpha value is -3.16. The molecule has 1 saturated heterocycles. The van der Waals surface area contributed by atoms with Gasteiger partial charge in [0.25, 0.3) is 0 Å². The minimum Gasteiger partial charge on any atom is -0.464 e. The van der Waals surface area contributed by atoms with Gasteiger partial charge < -0.3 is 34.7 Å². The molecule has 0 bridgehead atoms. The normalized spacial score (nSPS) is 22.3. The molecule has 0 spiro atoms. The SMILES string of the molecule is CCC(CC)COC(=O)[C@H](CC)NP(=O)(N[C@@H](CC)C(=O)OCC(CC)CC)OC[C@@]1(C#N)O[C@@H](c2ccc3c(N)ncnn23)[C@H](O)[C@@H]1O. The van der Waals surface area contributed by atoms with Crippen molar-refractivity contribution in [2.45, 2.75) is 116 Å². The van der Waals surface area contributed by atoms with Crippen molar-refractivity contribution in [3.05, 3.63) is 24.2 Å². The van der Waals surface area contributed by atoms with Crippen molar-refractivity contribution in [2.75, 3.05) is 25.6 Å². The Morgan fingerprint density at radius 2 is 1.53 bits per heavy atom. The summed E-state index contributed by atoms with van der Waals surface area (Å²) in [5.41, 5.74) is 4.38. The van der Waals surface area contributed by atoms with Gasteiger partial charge in [-0.05, 0) is 36.8 Å². The van der Waals surface area contributed by atoms with Crippen LogP contribution in [0.4, 0.5) is 5.82 Å². The number of aliphatic hydroxyl groups is 2. The van der Waals surface area contributed by atoms with Crippen LogP contribution < -0.4 is 15.9 Å². The lowest BCUT2D eigenvalue weighted by molar-refractivity contribution is -0.147. The molecule has 0 unspecified atom stereocenters. The average molecular weight is 710 g/mol. The van der Waals surface area contributed by atoms with Crippen LogP contribution in [0.2, 0.25) is 0 Å². The number of ether oxygens (including phenoxy) is 3. The van der Waals surface area contributed by atoms with Crippen LogP contribution in [0.3, 0.4) is 0 Å². The Labute approximate surface area is 287 Å². The van der Waals surface area contributed by atoms with Gasteiger partial charge in [0.2, 0.25) is 5.60 Å². The highest BCUT2D eigenvalue weighted by atomic mass is 31.2. The van der Waals surface area contributed by atoms with E-state index >= 15 is 0 Å². The third-order valence-electron chi connectivity index (χ3n) is 9.17.